The first-order valence-electron chi connectivity index (χ1n) is 4.72. The second kappa shape index (κ2) is 6.65. The van der Waals surface area contributed by atoms with Crippen LogP contribution in [0.4, 0.5) is 12.3 Å². The molecule has 0 rings (SSSR count). The summed E-state index contributed by atoms with van der Waals surface area (Å²) in [6.45, 7) is 5.08. The summed E-state index contributed by atoms with van der Waals surface area (Å²) in [6, 6.07) is -0.637. The van der Waals surface area contributed by atoms with Gasteiger partial charge >= 0.3 is 15.0 Å². The molecule has 2 nitrogen and oxygen atoms in total. The second-order valence-corrected chi connectivity index (χ2v) is 5.07. The average molecular weight is 240 g/mol. The number of unbranched alkanes of at least 4 members (excludes halogenated alkanes) is 2. The van der Waals surface area contributed by atoms with Gasteiger partial charge in [0.1, 0.15) is 0 Å². The van der Waals surface area contributed by atoms with Crippen molar-refractivity contribution in [2.24, 2.45) is 0 Å². The SMILES string of the molecule is C=C(C)C(=O)OCCCCC[Si](F)(F)F. The predicted molar refractivity (Wildman–Crippen MR) is 53.5 cm³/mol. The molecule has 0 aliphatic rings. The van der Waals surface area contributed by atoms with Crippen LogP contribution in [-0.2, 0) is 9.53 Å². The molecule has 88 valence electrons. The molecule has 0 aromatic heterocycles. The third kappa shape index (κ3) is 9.52. The number of rotatable bonds is 7. The Morgan fingerprint density at radius 3 is 2.33 bits per heavy atom. The van der Waals surface area contributed by atoms with E-state index in [9.17, 15) is 17.1 Å². The number of halogens is 3. The number of ether oxygens (including phenoxy) is 1. The highest BCUT2D eigenvalue weighted by atomic mass is 28.5. The zero-order valence-electron chi connectivity index (χ0n) is 8.69. The Balaban J connectivity index is 3.33. The molecule has 0 aromatic rings. The largest absolute Gasteiger partial charge is 0.616 e. The summed E-state index contributed by atoms with van der Waals surface area (Å²) in [5, 5.41) is 0. The van der Waals surface area contributed by atoms with Crippen molar-refractivity contribution >= 4 is 15.0 Å². The molecule has 0 amide bonds. The summed E-state index contributed by atoms with van der Waals surface area (Å²) in [5.74, 6) is -0.486. The van der Waals surface area contributed by atoms with Crippen LogP contribution < -0.4 is 0 Å². The van der Waals surface area contributed by atoms with E-state index in [1.807, 2.05) is 0 Å². The third-order valence-electron chi connectivity index (χ3n) is 1.69. The normalized spacial score (nSPS) is 11.2. The van der Waals surface area contributed by atoms with Gasteiger partial charge in [0.25, 0.3) is 0 Å². The molecule has 0 saturated heterocycles. The Morgan fingerprint density at radius 1 is 1.27 bits per heavy atom. The molecular weight excluding hydrogens is 225 g/mol. The van der Waals surface area contributed by atoms with Crippen LogP contribution in [0.1, 0.15) is 26.2 Å². The molecule has 0 fully saturated rings. The number of carbonyl (C=O) groups is 1. The van der Waals surface area contributed by atoms with Crippen LogP contribution in [0.2, 0.25) is 6.04 Å². The smallest absolute Gasteiger partial charge is 0.462 e. The molecule has 15 heavy (non-hydrogen) atoms. The van der Waals surface area contributed by atoms with Crippen molar-refractivity contribution < 1.29 is 21.9 Å². The maximum atomic E-state index is 11.8. The summed E-state index contributed by atoms with van der Waals surface area (Å²) < 4.78 is 40.2. The standard InChI is InChI=1S/C9H15F3O2Si/c1-8(2)9(13)14-6-4-3-5-7-15(10,11)12/h1,3-7H2,2H3. The molecule has 0 N–H and O–H groups in total. The summed E-state index contributed by atoms with van der Waals surface area (Å²) in [4.78, 5) is 10.8. The van der Waals surface area contributed by atoms with Gasteiger partial charge in [-0.25, -0.2) is 17.1 Å². The Hall–Kier alpha value is -0.783. The fourth-order valence-electron chi connectivity index (χ4n) is 0.892. The minimum atomic E-state index is -5.38. The van der Waals surface area contributed by atoms with Crippen molar-refractivity contribution in [2.45, 2.75) is 32.2 Å². The van der Waals surface area contributed by atoms with Gasteiger partial charge in [0.05, 0.1) is 6.61 Å². The van der Waals surface area contributed by atoms with Crippen LogP contribution in [0.15, 0.2) is 12.2 Å². The van der Waals surface area contributed by atoms with Crippen LogP contribution in [-0.4, -0.2) is 21.7 Å². The molecule has 0 spiro atoms. The van der Waals surface area contributed by atoms with E-state index in [4.69, 9.17) is 4.74 Å². The summed E-state index contributed by atoms with van der Waals surface area (Å²) in [6.07, 6.45) is 1.06. The van der Waals surface area contributed by atoms with E-state index < -0.39 is 21.1 Å². The lowest BCUT2D eigenvalue weighted by molar-refractivity contribution is -0.139. The van der Waals surface area contributed by atoms with Gasteiger partial charge in [-0.15, -0.1) is 0 Å². The van der Waals surface area contributed by atoms with Crippen molar-refractivity contribution in [2.75, 3.05) is 6.61 Å². The van der Waals surface area contributed by atoms with E-state index >= 15 is 0 Å². The van der Waals surface area contributed by atoms with Crippen molar-refractivity contribution in [1.82, 2.24) is 0 Å². The Morgan fingerprint density at radius 2 is 1.87 bits per heavy atom. The quantitative estimate of drug-likeness (QED) is 0.225. The maximum absolute atomic E-state index is 11.8. The van der Waals surface area contributed by atoms with Crippen molar-refractivity contribution in [1.29, 1.82) is 0 Å². The molecule has 0 bridgehead atoms. The highest BCUT2D eigenvalue weighted by molar-refractivity contribution is 6.58. The molecule has 0 heterocycles. The monoisotopic (exact) mass is 240 g/mol. The first-order valence-corrected chi connectivity index (χ1v) is 6.56. The van der Waals surface area contributed by atoms with E-state index in [1.165, 1.54) is 6.92 Å². The Labute approximate surface area is 88.6 Å². The van der Waals surface area contributed by atoms with Gasteiger partial charge < -0.3 is 4.74 Å². The Bertz CT molecular complexity index is 226. The van der Waals surface area contributed by atoms with Crippen LogP contribution in [0, 0.1) is 0 Å². The second-order valence-electron chi connectivity index (χ2n) is 3.34. The van der Waals surface area contributed by atoms with Gasteiger partial charge in [0.2, 0.25) is 0 Å². The lowest BCUT2D eigenvalue weighted by Gasteiger charge is -2.04. The number of carbonyl (C=O) groups excluding carboxylic acids is 1. The molecule has 0 aliphatic carbocycles. The first kappa shape index (κ1) is 14.2. The van der Waals surface area contributed by atoms with Gasteiger partial charge in [0, 0.05) is 11.6 Å². The van der Waals surface area contributed by atoms with Crippen molar-refractivity contribution in [3.63, 3.8) is 0 Å². The van der Waals surface area contributed by atoms with E-state index in [2.05, 4.69) is 6.58 Å². The minimum absolute atomic E-state index is 0.139. The molecule has 0 aliphatic heterocycles. The number of hydrogen-bond donors (Lipinski definition) is 0. The van der Waals surface area contributed by atoms with Gasteiger partial charge in [-0.3, -0.25) is 0 Å². The molecule has 0 saturated carbocycles. The lowest BCUT2D eigenvalue weighted by Crippen LogP contribution is -2.13. The van der Waals surface area contributed by atoms with Crippen LogP contribution in [0.3, 0.4) is 0 Å². The van der Waals surface area contributed by atoms with Crippen LogP contribution >= 0.6 is 0 Å². The molecule has 0 aromatic carbocycles. The number of hydrogen-bond acceptors (Lipinski definition) is 2. The average Bonchev–Trinajstić information content (AvgIpc) is 2.08. The Kier molecular flexibility index (Phi) is 6.31. The fraction of sp³-hybridized carbons (Fsp3) is 0.667. The van der Waals surface area contributed by atoms with Crippen LogP contribution in [0.25, 0.3) is 0 Å². The highest BCUT2D eigenvalue weighted by Crippen LogP contribution is 2.18. The maximum Gasteiger partial charge on any atom is 0.616 e. The summed E-state index contributed by atoms with van der Waals surface area (Å²) in [5.41, 5.74) is 0.303. The van der Waals surface area contributed by atoms with Crippen LogP contribution in [0.5, 0.6) is 0 Å². The molecular formula is C9H15F3O2Si. The van der Waals surface area contributed by atoms with Crippen molar-refractivity contribution in [3.05, 3.63) is 12.2 Å². The fourth-order valence-corrected chi connectivity index (χ4v) is 1.54. The highest BCUT2D eigenvalue weighted by Gasteiger charge is 2.35. The zero-order chi connectivity index (χ0) is 11.9. The lowest BCUT2D eigenvalue weighted by atomic mass is 10.3. The van der Waals surface area contributed by atoms with E-state index in [0.29, 0.717) is 18.4 Å². The third-order valence-corrected chi connectivity index (χ3v) is 2.61. The number of esters is 1. The molecule has 0 atom stereocenters. The predicted octanol–water partition coefficient (Wildman–Crippen LogP) is 3.12. The summed E-state index contributed by atoms with van der Waals surface area (Å²) >= 11 is 0. The van der Waals surface area contributed by atoms with Gasteiger partial charge in [-0.05, 0) is 19.8 Å². The van der Waals surface area contributed by atoms with Gasteiger partial charge in [-0.2, -0.15) is 0 Å². The minimum Gasteiger partial charge on any atom is -0.462 e. The van der Waals surface area contributed by atoms with E-state index in [1.54, 1.807) is 0 Å². The molecule has 0 radical (unpaired) electrons. The first-order chi connectivity index (χ1) is 6.83. The van der Waals surface area contributed by atoms with Gasteiger partial charge in [-0.1, -0.05) is 13.0 Å². The van der Waals surface area contributed by atoms with Crippen molar-refractivity contribution in [3.8, 4) is 0 Å². The van der Waals surface area contributed by atoms with E-state index in [-0.39, 0.29) is 13.0 Å². The topological polar surface area (TPSA) is 26.3 Å². The summed E-state index contributed by atoms with van der Waals surface area (Å²) in [7, 11) is -5.38. The zero-order valence-corrected chi connectivity index (χ0v) is 9.69. The van der Waals surface area contributed by atoms with E-state index in [0.717, 1.165) is 0 Å². The van der Waals surface area contributed by atoms with Gasteiger partial charge in [0.15, 0.2) is 0 Å². The molecule has 0 unspecified atom stereocenters. The molecule has 6 heteroatoms.